The molecule has 0 saturated heterocycles. The molecule has 3 aromatic carbocycles. The van der Waals surface area contributed by atoms with Gasteiger partial charge in [0.2, 0.25) is 0 Å². The van der Waals surface area contributed by atoms with E-state index in [2.05, 4.69) is 4.99 Å². The molecule has 0 atom stereocenters. The molecule has 3 aromatic rings. The molecule has 0 aromatic heterocycles. The number of nitrogens with zero attached hydrogens (tertiary/aromatic N) is 2. The van der Waals surface area contributed by atoms with Crippen molar-refractivity contribution in [3.63, 3.8) is 0 Å². The Kier molecular flexibility index (Phi) is 7.46. The summed E-state index contributed by atoms with van der Waals surface area (Å²) in [5.41, 5.74) is 2.10. The largest absolute Gasteiger partial charge is 0.490 e. The fourth-order valence-corrected chi connectivity index (χ4v) is 4.52. The zero-order chi connectivity index (χ0) is 23.3. The second-order valence-corrected chi connectivity index (χ2v) is 9.35. The van der Waals surface area contributed by atoms with Gasteiger partial charge in [0, 0.05) is 18.3 Å². The molecule has 0 aliphatic carbocycles. The number of rotatable bonds is 8. The van der Waals surface area contributed by atoms with Gasteiger partial charge in [-0.15, -0.1) is 0 Å². The standard InChI is InChI=1S/C22H19IN2O6S/c1-3-30-21-13-16(14-24-17-6-8-18(9-7-17)25(26)27)12-20(23)22(21)31-32(28,29)19-10-4-15(2)5-11-19/h4-14H,3H2,1-2H3. The van der Waals surface area contributed by atoms with E-state index in [0.717, 1.165) is 5.56 Å². The normalized spacial score (nSPS) is 11.5. The number of nitro benzene ring substituents is 1. The number of aryl methyl sites for hydroxylation is 1. The van der Waals surface area contributed by atoms with Crippen molar-refractivity contribution in [2.75, 3.05) is 6.61 Å². The molecule has 0 aliphatic heterocycles. The van der Waals surface area contributed by atoms with Gasteiger partial charge in [0.15, 0.2) is 11.5 Å². The first-order chi connectivity index (χ1) is 15.2. The zero-order valence-electron chi connectivity index (χ0n) is 17.2. The Balaban J connectivity index is 1.90. The Morgan fingerprint density at radius 2 is 1.75 bits per heavy atom. The summed E-state index contributed by atoms with van der Waals surface area (Å²) in [6.07, 6.45) is 1.56. The SMILES string of the molecule is CCOc1cc(C=Nc2ccc([N+](=O)[O-])cc2)cc(I)c1OS(=O)(=O)c1ccc(C)cc1. The molecule has 0 unspecified atom stereocenters. The van der Waals surface area contributed by atoms with Crippen LogP contribution in [0.2, 0.25) is 0 Å². The van der Waals surface area contributed by atoms with Gasteiger partial charge in [0.05, 0.1) is 20.8 Å². The van der Waals surface area contributed by atoms with Crippen molar-refractivity contribution in [2.45, 2.75) is 18.7 Å². The van der Waals surface area contributed by atoms with Gasteiger partial charge in [0.1, 0.15) is 4.90 Å². The molecule has 0 aliphatic rings. The van der Waals surface area contributed by atoms with Crippen molar-refractivity contribution in [2.24, 2.45) is 4.99 Å². The summed E-state index contributed by atoms with van der Waals surface area (Å²) in [5.74, 6) is 0.362. The average Bonchev–Trinajstić information content (AvgIpc) is 2.75. The minimum atomic E-state index is -4.05. The maximum atomic E-state index is 12.7. The molecular weight excluding hydrogens is 547 g/mol. The van der Waals surface area contributed by atoms with Crippen LogP contribution in [0.1, 0.15) is 18.1 Å². The zero-order valence-corrected chi connectivity index (χ0v) is 20.2. The molecule has 0 heterocycles. The first kappa shape index (κ1) is 23.7. The molecule has 0 radical (unpaired) electrons. The highest BCUT2D eigenvalue weighted by Gasteiger charge is 2.22. The van der Waals surface area contributed by atoms with Crippen LogP contribution in [0.5, 0.6) is 11.5 Å². The molecule has 0 bridgehead atoms. The Morgan fingerprint density at radius 3 is 2.34 bits per heavy atom. The molecule has 0 saturated carbocycles. The molecular formula is C22H19IN2O6S. The van der Waals surface area contributed by atoms with E-state index >= 15 is 0 Å². The number of nitro groups is 1. The molecule has 8 nitrogen and oxygen atoms in total. The van der Waals surface area contributed by atoms with Crippen LogP contribution >= 0.6 is 22.6 Å². The summed E-state index contributed by atoms with van der Waals surface area (Å²) < 4.78 is 37.0. The number of benzene rings is 3. The van der Waals surface area contributed by atoms with Crippen LogP contribution in [0.25, 0.3) is 0 Å². The molecule has 166 valence electrons. The first-order valence-corrected chi connectivity index (χ1v) is 11.9. The molecule has 0 N–H and O–H groups in total. The lowest BCUT2D eigenvalue weighted by Gasteiger charge is -2.14. The monoisotopic (exact) mass is 566 g/mol. The third-order valence-electron chi connectivity index (χ3n) is 4.26. The third kappa shape index (κ3) is 5.82. The van der Waals surface area contributed by atoms with E-state index < -0.39 is 15.0 Å². The minimum absolute atomic E-state index is 0.0200. The van der Waals surface area contributed by atoms with Crippen molar-refractivity contribution in [1.29, 1.82) is 0 Å². The first-order valence-electron chi connectivity index (χ1n) is 9.45. The lowest BCUT2D eigenvalue weighted by molar-refractivity contribution is -0.384. The summed E-state index contributed by atoms with van der Waals surface area (Å²) in [6, 6.07) is 15.5. The Morgan fingerprint density at radius 1 is 1.09 bits per heavy atom. The summed E-state index contributed by atoms with van der Waals surface area (Å²) >= 11 is 1.98. The van der Waals surface area contributed by atoms with Gasteiger partial charge in [0.25, 0.3) is 5.69 Å². The van der Waals surface area contributed by atoms with Gasteiger partial charge in [-0.3, -0.25) is 15.1 Å². The van der Waals surface area contributed by atoms with E-state index in [1.54, 1.807) is 37.4 Å². The number of ether oxygens (including phenoxy) is 1. The van der Waals surface area contributed by atoms with Gasteiger partial charge in [-0.25, -0.2) is 0 Å². The lowest BCUT2D eigenvalue weighted by atomic mass is 10.2. The summed E-state index contributed by atoms with van der Waals surface area (Å²) in [4.78, 5) is 14.6. The smallest absolute Gasteiger partial charge is 0.339 e. The summed E-state index contributed by atoms with van der Waals surface area (Å²) in [6.45, 7) is 3.95. The molecule has 3 rings (SSSR count). The van der Waals surface area contributed by atoms with Crippen LogP contribution in [-0.4, -0.2) is 26.2 Å². The fraction of sp³-hybridized carbons (Fsp3) is 0.136. The average molecular weight is 566 g/mol. The minimum Gasteiger partial charge on any atom is -0.490 e. The molecule has 32 heavy (non-hydrogen) atoms. The highest BCUT2D eigenvalue weighted by atomic mass is 127. The van der Waals surface area contributed by atoms with Crippen molar-refractivity contribution in [1.82, 2.24) is 0 Å². The van der Waals surface area contributed by atoms with Gasteiger partial charge < -0.3 is 8.92 Å². The molecule has 0 amide bonds. The molecule has 10 heteroatoms. The van der Waals surface area contributed by atoms with Crippen LogP contribution in [-0.2, 0) is 10.1 Å². The Hall–Kier alpha value is -2.99. The highest BCUT2D eigenvalue weighted by molar-refractivity contribution is 14.1. The summed E-state index contributed by atoms with van der Waals surface area (Å²) in [7, 11) is -4.05. The number of hydrogen-bond donors (Lipinski definition) is 0. The lowest BCUT2D eigenvalue weighted by Crippen LogP contribution is -2.12. The van der Waals surface area contributed by atoms with Gasteiger partial charge >= 0.3 is 10.1 Å². The fourth-order valence-electron chi connectivity index (χ4n) is 2.68. The predicted molar refractivity (Wildman–Crippen MR) is 130 cm³/mol. The number of halogens is 1. The topological polar surface area (TPSA) is 108 Å². The van der Waals surface area contributed by atoms with Crippen molar-refractivity contribution in [3.8, 4) is 11.5 Å². The van der Waals surface area contributed by atoms with Crippen LogP contribution in [0.15, 0.2) is 70.6 Å². The van der Waals surface area contributed by atoms with Crippen LogP contribution in [0.4, 0.5) is 11.4 Å². The number of hydrogen-bond acceptors (Lipinski definition) is 7. The maximum absolute atomic E-state index is 12.7. The van der Waals surface area contributed by atoms with Crippen LogP contribution < -0.4 is 8.92 Å². The van der Waals surface area contributed by atoms with E-state index in [4.69, 9.17) is 8.92 Å². The van der Waals surface area contributed by atoms with E-state index in [-0.39, 0.29) is 22.1 Å². The quantitative estimate of drug-likeness (QED) is 0.118. The van der Waals surface area contributed by atoms with E-state index in [0.29, 0.717) is 21.4 Å². The van der Waals surface area contributed by atoms with E-state index in [1.807, 2.05) is 29.5 Å². The summed E-state index contributed by atoms with van der Waals surface area (Å²) in [5, 5.41) is 10.8. The van der Waals surface area contributed by atoms with Crippen LogP contribution in [0, 0.1) is 20.6 Å². The van der Waals surface area contributed by atoms with E-state index in [1.165, 1.54) is 36.4 Å². The number of aliphatic imine (C=N–C) groups is 1. The van der Waals surface area contributed by atoms with E-state index in [9.17, 15) is 18.5 Å². The molecule has 0 spiro atoms. The van der Waals surface area contributed by atoms with Gasteiger partial charge in [-0.05, 0) is 78.4 Å². The molecule has 0 fully saturated rings. The highest BCUT2D eigenvalue weighted by Crippen LogP contribution is 2.36. The second kappa shape index (κ2) is 10.1. The van der Waals surface area contributed by atoms with Crippen LogP contribution in [0.3, 0.4) is 0 Å². The third-order valence-corrected chi connectivity index (χ3v) is 6.29. The Labute approximate surface area is 199 Å². The van der Waals surface area contributed by atoms with Crippen molar-refractivity contribution >= 4 is 50.3 Å². The van der Waals surface area contributed by atoms with Gasteiger partial charge in [-0.2, -0.15) is 8.42 Å². The maximum Gasteiger partial charge on any atom is 0.339 e. The number of non-ortho nitro benzene ring substituents is 1. The van der Waals surface area contributed by atoms with Crippen molar-refractivity contribution < 1.29 is 22.3 Å². The second-order valence-electron chi connectivity index (χ2n) is 6.65. The predicted octanol–water partition coefficient (Wildman–Crippen LogP) is 5.42. The Bertz CT molecular complexity index is 1260. The van der Waals surface area contributed by atoms with Crippen molar-refractivity contribution in [3.05, 3.63) is 85.5 Å². The van der Waals surface area contributed by atoms with Gasteiger partial charge in [-0.1, -0.05) is 17.7 Å².